The van der Waals surface area contributed by atoms with Gasteiger partial charge in [0.1, 0.15) is 5.75 Å². The van der Waals surface area contributed by atoms with Crippen LogP contribution in [-0.2, 0) is 9.53 Å². The predicted octanol–water partition coefficient (Wildman–Crippen LogP) is 6.44. The molecule has 0 aromatic carbocycles. The molecule has 0 bridgehead atoms. The predicted molar refractivity (Wildman–Crippen MR) is 144 cm³/mol. The third kappa shape index (κ3) is 6.75. The van der Waals surface area contributed by atoms with E-state index in [0.717, 1.165) is 49.3 Å². The summed E-state index contributed by atoms with van der Waals surface area (Å²) in [6.45, 7) is 18.6. The molecule has 7 heteroatoms. The summed E-state index contributed by atoms with van der Waals surface area (Å²) >= 11 is 0. The van der Waals surface area contributed by atoms with E-state index in [2.05, 4.69) is 37.6 Å². The largest absolute Gasteiger partial charge is 0.492 e. The van der Waals surface area contributed by atoms with Crippen LogP contribution in [0.4, 0.5) is 5.69 Å². The van der Waals surface area contributed by atoms with Crippen molar-refractivity contribution in [2.75, 3.05) is 24.6 Å². The highest BCUT2D eigenvalue weighted by Gasteiger charge is 2.36. The Morgan fingerprint density at radius 1 is 1.17 bits per heavy atom. The molecule has 1 aliphatic rings. The zero-order valence-corrected chi connectivity index (χ0v) is 23.2. The van der Waals surface area contributed by atoms with Crippen LogP contribution in [-0.4, -0.2) is 46.3 Å². The number of nitrogens with zero attached hydrogens (tertiary/aromatic N) is 3. The van der Waals surface area contributed by atoms with Gasteiger partial charge in [0.05, 0.1) is 29.8 Å². The molecule has 1 fully saturated rings. The van der Waals surface area contributed by atoms with Crippen LogP contribution in [0.3, 0.4) is 0 Å². The fraction of sp³-hybridized carbons (Fsp3) is 0.621. The van der Waals surface area contributed by atoms with Crippen molar-refractivity contribution in [3.8, 4) is 17.0 Å². The number of aliphatic carboxylic acids is 1. The molecule has 1 N–H and O–H groups in total. The molecule has 198 valence electrons. The molecule has 2 aromatic rings. The van der Waals surface area contributed by atoms with Crippen LogP contribution in [0.25, 0.3) is 11.3 Å². The van der Waals surface area contributed by atoms with Crippen LogP contribution in [0.15, 0.2) is 24.5 Å². The lowest BCUT2D eigenvalue weighted by atomic mass is 9.78. The van der Waals surface area contributed by atoms with Gasteiger partial charge in [0.2, 0.25) is 0 Å². The van der Waals surface area contributed by atoms with Crippen LogP contribution in [0.2, 0.25) is 0 Å². The molecule has 3 rings (SSSR count). The Morgan fingerprint density at radius 3 is 2.33 bits per heavy atom. The van der Waals surface area contributed by atoms with Gasteiger partial charge in [-0.25, -0.2) is 4.79 Å². The van der Waals surface area contributed by atoms with Crippen LogP contribution < -0.4 is 9.64 Å². The molecule has 0 radical (unpaired) electrons. The van der Waals surface area contributed by atoms with E-state index in [1.807, 2.05) is 46.0 Å². The van der Waals surface area contributed by atoms with Gasteiger partial charge in [0.15, 0.2) is 6.10 Å². The van der Waals surface area contributed by atoms with E-state index in [1.165, 1.54) is 0 Å². The average Bonchev–Trinajstić information content (AvgIpc) is 2.81. The third-order valence-electron chi connectivity index (χ3n) is 6.98. The molecule has 1 atom stereocenters. The highest BCUT2D eigenvalue weighted by molar-refractivity contribution is 5.85. The molecule has 7 nitrogen and oxygen atoms in total. The van der Waals surface area contributed by atoms with Crippen molar-refractivity contribution >= 4 is 11.7 Å². The summed E-state index contributed by atoms with van der Waals surface area (Å²) in [6, 6.07) is 3.84. The Morgan fingerprint density at radius 2 is 1.83 bits per heavy atom. The maximum Gasteiger partial charge on any atom is 0.337 e. The topological polar surface area (TPSA) is 84.8 Å². The summed E-state index contributed by atoms with van der Waals surface area (Å²) in [5.74, 6) is 0.114. The molecule has 0 saturated carbocycles. The minimum absolute atomic E-state index is 0.292. The summed E-state index contributed by atoms with van der Waals surface area (Å²) in [5.41, 5.74) is 3.33. The second-order valence-electron chi connectivity index (χ2n) is 11.7. The zero-order chi connectivity index (χ0) is 26.7. The van der Waals surface area contributed by atoms with Crippen molar-refractivity contribution in [3.05, 3.63) is 35.8 Å². The normalized spacial score (nSPS) is 16.8. The fourth-order valence-corrected chi connectivity index (χ4v) is 4.55. The lowest BCUT2D eigenvalue weighted by Crippen LogP contribution is -2.40. The number of pyridine rings is 2. The minimum Gasteiger partial charge on any atom is -0.492 e. The average molecular weight is 498 g/mol. The second-order valence-corrected chi connectivity index (χ2v) is 11.7. The van der Waals surface area contributed by atoms with Crippen molar-refractivity contribution in [2.45, 2.75) is 86.4 Å². The van der Waals surface area contributed by atoms with Gasteiger partial charge in [-0.1, -0.05) is 34.1 Å². The van der Waals surface area contributed by atoms with Crippen LogP contribution >= 0.6 is 0 Å². The lowest BCUT2D eigenvalue weighted by Gasteiger charge is -2.42. The van der Waals surface area contributed by atoms with Crippen molar-refractivity contribution in [3.63, 3.8) is 0 Å². The molecule has 2 aromatic heterocycles. The summed E-state index contributed by atoms with van der Waals surface area (Å²) in [4.78, 5) is 24.2. The molecule has 0 aliphatic carbocycles. The summed E-state index contributed by atoms with van der Waals surface area (Å²) in [6.07, 6.45) is 5.61. The minimum atomic E-state index is -1.14. The Kier molecular flexibility index (Phi) is 8.65. The summed E-state index contributed by atoms with van der Waals surface area (Å²) < 4.78 is 11.9. The molecule has 0 spiro atoms. The van der Waals surface area contributed by atoms with Gasteiger partial charge >= 0.3 is 5.97 Å². The number of aromatic nitrogens is 2. The van der Waals surface area contributed by atoms with E-state index < -0.39 is 17.7 Å². The highest BCUT2D eigenvalue weighted by Crippen LogP contribution is 2.43. The number of carboxylic acids is 1. The zero-order valence-electron chi connectivity index (χ0n) is 23.2. The Bertz CT molecular complexity index is 1040. The first-order valence-corrected chi connectivity index (χ1v) is 13.1. The maximum atomic E-state index is 12.5. The van der Waals surface area contributed by atoms with Gasteiger partial charge < -0.3 is 19.5 Å². The second kappa shape index (κ2) is 11.2. The number of anilines is 1. The van der Waals surface area contributed by atoms with Crippen molar-refractivity contribution in [1.82, 2.24) is 9.97 Å². The number of piperidine rings is 1. The Hall–Kier alpha value is -2.67. The molecule has 1 aliphatic heterocycles. The smallest absolute Gasteiger partial charge is 0.337 e. The van der Waals surface area contributed by atoms with Crippen LogP contribution in [0.5, 0.6) is 5.75 Å². The molecular weight excluding hydrogens is 454 g/mol. The maximum absolute atomic E-state index is 12.5. The number of hydrogen-bond donors (Lipinski definition) is 1. The molecule has 3 heterocycles. The number of carboxylic acid groups (broad SMARTS) is 1. The van der Waals surface area contributed by atoms with Gasteiger partial charge in [-0.3, -0.25) is 9.97 Å². The molecule has 0 unspecified atom stereocenters. The molecule has 36 heavy (non-hydrogen) atoms. The van der Waals surface area contributed by atoms with E-state index in [1.54, 1.807) is 6.20 Å². The summed E-state index contributed by atoms with van der Waals surface area (Å²) in [5, 5.41) is 10.3. The lowest BCUT2D eigenvalue weighted by molar-refractivity contribution is -0.160. The fourth-order valence-electron chi connectivity index (χ4n) is 4.55. The highest BCUT2D eigenvalue weighted by atomic mass is 16.5. The van der Waals surface area contributed by atoms with E-state index in [9.17, 15) is 9.90 Å². The van der Waals surface area contributed by atoms with Crippen molar-refractivity contribution in [1.29, 1.82) is 0 Å². The number of ether oxygens (including phenoxy) is 2. The Labute approximate surface area is 216 Å². The number of hydrogen-bond acceptors (Lipinski definition) is 6. The number of carbonyl (C=O) groups is 1. The van der Waals surface area contributed by atoms with Gasteiger partial charge in [0.25, 0.3) is 0 Å². The molecular formula is C29H43N3O4. The van der Waals surface area contributed by atoms with Gasteiger partial charge in [-0.15, -0.1) is 0 Å². The third-order valence-corrected chi connectivity index (χ3v) is 6.98. The quantitative estimate of drug-likeness (QED) is 0.426. The van der Waals surface area contributed by atoms with Gasteiger partial charge in [-0.05, 0) is 64.0 Å². The van der Waals surface area contributed by atoms with E-state index in [-0.39, 0.29) is 0 Å². The van der Waals surface area contributed by atoms with E-state index >= 15 is 0 Å². The van der Waals surface area contributed by atoms with Crippen LogP contribution in [0, 0.1) is 18.3 Å². The van der Waals surface area contributed by atoms with Crippen LogP contribution in [0.1, 0.15) is 85.1 Å². The first-order valence-electron chi connectivity index (χ1n) is 13.1. The molecule has 0 amide bonds. The van der Waals surface area contributed by atoms with Crippen molar-refractivity contribution in [2.24, 2.45) is 11.3 Å². The standard InChI is InChI=1S/C29H43N3O4/c1-9-29(8)12-14-32(15-13-29)25-22(23-11-10-21(16-31-23)35-18-19(2)3)17-30-20(4)24(25)26(27(33)34)36-28(5,6)7/h10-11,16-17,19,26H,9,12-15,18H2,1-8H3,(H,33,34)/t26-/m0/s1. The number of aryl methyl sites for hydroxylation is 1. The number of rotatable bonds is 9. The first kappa shape index (κ1) is 27.9. The van der Waals surface area contributed by atoms with Gasteiger partial charge in [0, 0.05) is 36.1 Å². The molecule has 1 saturated heterocycles. The first-order chi connectivity index (χ1) is 16.8. The van der Waals surface area contributed by atoms with Gasteiger partial charge in [-0.2, -0.15) is 0 Å². The summed E-state index contributed by atoms with van der Waals surface area (Å²) in [7, 11) is 0. The monoisotopic (exact) mass is 497 g/mol. The Balaban J connectivity index is 2.13. The van der Waals surface area contributed by atoms with Crippen molar-refractivity contribution < 1.29 is 19.4 Å². The van der Waals surface area contributed by atoms with E-state index in [4.69, 9.17) is 14.5 Å². The van der Waals surface area contributed by atoms with E-state index in [0.29, 0.717) is 34.9 Å². The SMILES string of the molecule is CCC1(C)CCN(c2c(-c3ccc(OCC(C)C)cn3)cnc(C)c2[C@H](OC(C)(C)C)C(=O)O)CC1.